The Hall–Kier alpha value is -1.51. The summed E-state index contributed by atoms with van der Waals surface area (Å²) in [6, 6.07) is 0.556. The molecule has 0 amide bonds. The van der Waals surface area contributed by atoms with Gasteiger partial charge < -0.3 is 14.5 Å². The third kappa shape index (κ3) is 3.63. The minimum absolute atomic E-state index is 0.349. The first kappa shape index (κ1) is 17.9. The molecule has 3 fully saturated rings. The normalized spacial score (nSPS) is 27.9. The summed E-state index contributed by atoms with van der Waals surface area (Å²) in [5, 5.41) is 0. The average Bonchev–Trinajstić information content (AvgIpc) is 3.18. The molecule has 2 N–H and O–H groups in total. The highest BCUT2D eigenvalue weighted by molar-refractivity contribution is 5.45. The van der Waals surface area contributed by atoms with Crippen molar-refractivity contribution in [3.63, 3.8) is 0 Å². The molecule has 0 aromatic carbocycles. The zero-order chi connectivity index (χ0) is 17.9. The van der Waals surface area contributed by atoms with Crippen molar-refractivity contribution < 1.29 is 9.13 Å². The zero-order valence-corrected chi connectivity index (χ0v) is 15.5. The lowest BCUT2D eigenvalue weighted by atomic mass is 9.82. The number of rotatable bonds is 4. The number of hydrogen-bond acceptors (Lipinski definition) is 7. The van der Waals surface area contributed by atoms with E-state index in [0.29, 0.717) is 55.9 Å². The smallest absolute Gasteiger partial charge is 0.227 e. The van der Waals surface area contributed by atoms with Crippen molar-refractivity contribution in [2.45, 2.75) is 32.2 Å². The highest BCUT2D eigenvalue weighted by Gasteiger charge is 2.35. The second kappa shape index (κ2) is 8.02. The summed E-state index contributed by atoms with van der Waals surface area (Å²) in [7, 11) is 0. The summed E-state index contributed by atoms with van der Waals surface area (Å²) >= 11 is 0. The van der Waals surface area contributed by atoms with Crippen molar-refractivity contribution in [3.8, 4) is 0 Å². The van der Waals surface area contributed by atoms with Crippen LogP contribution in [0.5, 0.6) is 0 Å². The Kier molecular flexibility index (Phi) is 5.52. The monoisotopic (exact) mass is 364 g/mol. The van der Waals surface area contributed by atoms with E-state index in [1.807, 2.05) is 4.90 Å². The Bertz CT molecular complexity index is 603. The summed E-state index contributed by atoms with van der Waals surface area (Å²) in [6.07, 6.45) is 4.75. The van der Waals surface area contributed by atoms with Crippen LogP contribution in [0, 0.1) is 17.7 Å². The molecule has 0 radical (unpaired) electrons. The summed E-state index contributed by atoms with van der Waals surface area (Å²) in [5.41, 5.74) is 6.79. The molecule has 4 rings (SSSR count). The Balaban J connectivity index is 1.41. The van der Waals surface area contributed by atoms with Gasteiger partial charge in [-0.25, -0.2) is 9.37 Å². The number of anilines is 2. The predicted molar refractivity (Wildman–Crippen MR) is 98.7 cm³/mol. The fourth-order valence-electron chi connectivity index (χ4n) is 4.41. The molecule has 3 aliphatic rings. The molecule has 0 saturated carbocycles. The van der Waals surface area contributed by atoms with Gasteiger partial charge in [0.05, 0.1) is 19.4 Å². The van der Waals surface area contributed by atoms with Crippen LogP contribution < -0.4 is 20.7 Å². The SMILES string of the molecule is CCC1CNNC1C1CCN(c2ncc(F)c(N3CCOCC3)n2)CC1. The number of halogens is 1. The second-order valence-corrected chi connectivity index (χ2v) is 7.48. The molecule has 8 heteroatoms. The lowest BCUT2D eigenvalue weighted by Gasteiger charge is -2.36. The third-order valence-electron chi connectivity index (χ3n) is 6.02. The summed E-state index contributed by atoms with van der Waals surface area (Å²) in [5.74, 6) is 2.09. The van der Waals surface area contributed by atoms with E-state index in [-0.39, 0.29) is 5.82 Å². The molecule has 0 aliphatic carbocycles. The van der Waals surface area contributed by atoms with E-state index in [4.69, 9.17) is 4.74 Å². The number of piperidine rings is 1. The van der Waals surface area contributed by atoms with Crippen LogP contribution in [0.1, 0.15) is 26.2 Å². The van der Waals surface area contributed by atoms with Gasteiger partial charge in [0.15, 0.2) is 11.6 Å². The number of ether oxygens (including phenoxy) is 1. The minimum Gasteiger partial charge on any atom is -0.378 e. The third-order valence-corrected chi connectivity index (χ3v) is 6.02. The van der Waals surface area contributed by atoms with Crippen LogP contribution in [0.2, 0.25) is 0 Å². The first-order valence-electron chi connectivity index (χ1n) is 9.85. The fraction of sp³-hybridized carbons (Fsp3) is 0.778. The molecule has 26 heavy (non-hydrogen) atoms. The Labute approximate surface area is 154 Å². The number of hydrogen-bond donors (Lipinski definition) is 2. The van der Waals surface area contributed by atoms with E-state index in [2.05, 4.69) is 32.6 Å². The number of nitrogens with zero attached hydrogens (tertiary/aromatic N) is 4. The summed E-state index contributed by atoms with van der Waals surface area (Å²) in [4.78, 5) is 13.0. The topological polar surface area (TPSA) is 65.5 Å². The highest BCUT2D eigenvalue weighted by Crippen LogP contribution is 2.30. The van der Waals surface area contributed by atoms with Gasteiger partial charge in [0, 0.05) is 38.8 Å². The van der Waals surface area contributed by atoms with Gasteiger partial charge in [-0.3, -0.25) is 10.9 Å². The number of hydrazine groups is 1. The quantitative estimate of drug-likeness (QED) is 0.831. The van der Waals surface area contributed by atoms with Crippen LogP contribution in [0.25, 0.3) is 0 Å². The highest BCUT2D eigenvalue weighted by atomic mass is 19.1. The lowest BCUT2D eigenvalue weighted by Crippen LogP contribution is -2.45. The van der Waals surface area contributed by atoms with Gasteiger partial charge in [-0.2, -0.15) is 4.98 Å². The molecular formula is C18H29FN6O. The summed E-state index contributed by atoms with van der Waals surface area (Å²) < 4.78 is 19.6. The maximum absolute atomic E-state index is 14.2. The predicted octanol–water partition coefficient (Wildman–Crippen LogP) is 1.17. The molecule has 7 nitrogen and oxygen atoms in total. The van der Waals surface area contributed by atoms with Crippen LogP contribution in [0.15, 0.2) is 6.20 Å². The largest absolute Gasteiger partial charge is 0.378 e. The van der Waals surface area contributed by atoms with Crippen LogP contribution in [-0.4, -0.2) is 61.9 Å². The van der Waals surface area contributed by atoms with Gasteiger partial charge in [0.2, 0.25) is 5.95 Å². The van der Waals surface area contributed by atoms with Crippen molar-refractivity contribution in [2.24, 2.45) is 11.8 Å². The van der Waals surface area contributed by atoms with Crippen molar-refractivity contribution in [1.29, 1.82) is 0 Å². The Morgan fingerprint density at radius 1 is 1.19 bits per heavy atom. The fourth-order valence-corrected chi connectivity index (χ4v) is 4.41. The van der Waals surface area contributed by atoms with E-state index < -0.39 is 0 Å². The van der Waals surface area contributed by atoms with Gasteiger partial charge in [0.1, 0.15) is 0 Å². The Morgan fingerprint density at radius 2 is 1.96 bits per heavy atom. The maximum atomic E-state index is 14.2. The van der Waals surface area contributed by atoms with Gasteiger partial charge >= 0.3 is 0 Å². The molecule has 144 valence electrons. The standard InChI is InChI=1S/C18H29FN6O/c1-2-13-11-21-23-16(13)14-3-5-25(6-4-14)18-20-12-15(19)17(22-18)24-7-9-26-10-8-24/h12-14,16,21,23H,2-11H2,1H3. The van der Waals surface area contributed by atoms with Crippen LogP contribution in [0.4, 0.5) is 16.2 Å². The maximum Gasteiger partial charge on any atom is 0.227 e. The van der Waals surface area contributed by atoms with Crippen molar-refractivity contribution in [1.82, 2.24) is 20.8 Å². The van der Waals surface area contributed by atoms with Gasteiger partial charge in [0.25, 0.3) is 0 Å². The first-order valence-corrected chi connectivity index (χ1v) is 9.85. The van der Waals surface area contributed by atoms with Crippen LogP contribution in [0.3, 0.4) is 0 Å². The second-order valence-electron chi connectivity index (χ2n) is 7.48. The van der Waals surface area contributed by atoms with E-state index >= 15 is 0 Å². The van der Waals surface area contributed by atoms with E-state index in [1.165, 1.54) is 12.6 Å². The van der Waals surface area contributed by atoms with Crippen LogP contribution >= 0.6 is 0 Å². The molecule has 2 atom stereocenters. The van der Waals surface area contributed by atoms with Crippen molar-refractivity contribution in [3.05, 3.63) is 12.0 Å². The molecule has 3 aliphatic heterocycles. The Morgan fingerprint density at radius 3 is 2.69 bits per heavy atom. The molecule has 4 heterocycles. The van der Waals surface area contributed by atoms with Gasteiger partial charge in [-0.15, -0.1) is 0 Å². The number of nitrogens with one attached hydrogen (secondary N) is 2. The molecule has 0 bridgehead atoms. The zero-order valence-electron chi connectivity index (χ0n) is 15.5. The van der Waals surface area contributed by atoms with E-state index in [9.17, 15) is 4.39 Å². The van der Waals surface area contributed by atoms with Crippen molar-refractivity contribution >= 4 is 11.8 Å². The number of aromatic nitrogens is 2. The molecule has 1 aromatic rings. The number of morpholine rings is 1. The van der Waals surface area contributed by atoms with Crippen molar-refractivity contribution in [2.75, 3.05) is 55.7 Å². The van der Waals surface area contributed by atoms with E-state index in [1.54, 1.807) is 0 Å². The molecule has 1 aromatic heterocycles. The molecule has 0 spiro atoms. The summed E-state index contributed by atoms with van der Waals surface area (Å²) in [6.45, 7) is 7.76. The van der Waals surface area contributed by atoms with Gasteiger partial charge in [-0.1, -0.05) is 13.3 Å². The molecular weight excluding hydrogens is 335 g/mol. The minimum atomic E-state index is -0.349. The van der Waals surface area contributed by atoms with E-state index in [0.717, 1.165) is 32.5 Å². The molecule has 3 saturated heterocycles. The molecule has 2 unspecified atom stereocenters. The average molecular weight is 364 g/mol. The van der Waals surface area contributed by atoms with Gasteiger partial charge in [-0.05, 0) is 24.7 Å². The first-order chi connectivity index (χ1) is 12.8. The van der Waals surface area contributed by atoms with Crippen LogP contribution in [-0.2, 0) is 4.74 Å². The lowest BCUT2D eigenvalue weighted by molar-refractivity contribution is 0.122.